The summed E-state index contributed by atoms with van der Waals surface area (Å²) in [7, 11) is 1.69. The zero-order valence-electron chi connectivity index (χ0n) is 15.0. The summed E-state index contributed by atoms with van der Waals surface area (Å²) in [6.07, 6.45) is 5.60. The summed E-state index contributed by atoms with van der Waals surface area (Å²) in [6, 6.07) is 8.29. The number of benzene rings is 1. The van der Waals surface area contributed by atoms with Crippen LogP contribution < -0.4 is 10.1 Å². The van der Waals surface area contributed by atoms with Crippen LogP contribution in [0.4, 0.5) is 0 Å². The van der Waals surface area contributed by atoms with Crippen LogP contribution in [0.2, 0.25) is 0 Å². The maximum absolute atomic E-state index is 12.6. The summed E-state index contributed by atoms with van der Waals surface area (Å²) in [4.78, 5) is 25.8. The highest BCUT2D eigenvalue weighted by Crippen LogP contribution is 2.25. The van der Waals surface area contributed by atoms with Crippen molar-refractivity contribution in [3.63, 3.8) is 0 Å². The van der Waals surface area contributed by atoms with Crippen LogP contribution in [-0.2, 0) is 16.0 Å². The van der Waals surface area contributed by atoms with Crippen molar-refractivity contribution >= 4 is 11.8 Å². The second kappa shape index (κ2) is 8.37. The number of carbonyl (C=O) groups excluding carboxylic acids is 2. The van der Waals surface area contributed by atoms with Crippen molar-refractivity contribution in [2.24, 2.45) is 11.8 Å². The number of nitrogens with one attached hydrogen (secondary N) is 1. The van der Waals surface area contributed by atoms with Crippen molar-refractivity contribution in [3.05, 3.63) is 29.8 Å². The van der Waals surface area contributed by atoms with Gasteiger partial charge in [0.15, 0.2) is 0 Å². The Morgan fingerprint density at radius 2 is 1.92 bits per heavy atom. The number of amides is 2. The van der Waals surface area contributed by atoms with Crippen LogP contribution in [-0.4, -0.2) is 43.5 Å². The van der Waals surface area contributed by atoms with Crippen LogP contribution in [0.3, 0.4) is 0 Å². The Morgan fingerprint density at radius 3 is 2.52 bits per heavy atom. The Balaban J connectivity index is 1.40. The maximum Gasteiger partial charge on any atom is 0.227 e. The molecule has 2 saturated heterocycles. The molecule has 1 atom stereocenters. The monoisotopic (exact) mass is 344 g/mol. The molecule has 25 heavy (non-hydrogen) atoms. The summed E-state index contributed by atoms with van der Waals surface area (Å²) in [5.74, 6) is 1.87. The van der Waals surface area contributed by atoms with E-state index < -0.39 is 0 Å². The van der Waals surface area contributed by atoms with Gasteiger partial charge >= 0.3 is 0 Å². The van der Waals surface area contributed by atoms with Crippen LogP contribution in [0.25, 0.3) is 0 Å². The van der Waals surface area contributed by atoms with Crippen LogP contribution >= 0.6 is 0 Å². The largest absolute Gasteiger partial charge is 0.497 e. The van der Waals surface area contributed by atoms with E-state index >= 15 is 0 Å². The quantitative estimate of drug-likeness (QED) is 0.892. The van der Waals surface area contributed by atoms with Gasteiger partial charge in [-0.25, -0.2) is 0 Å². The van der Waals surface area contributed by atoms with Crippen LogP contribution in [0, 0.1) is 11.8 Å². The fourth-order valence-electron chi connectivity index (χ4n) is 3.81. The number of piperidine rings is 2. The van der Waals surface area contributed by atoms with Gasteiger partial charge in [-0.2, -0.15) is 0 Å². The van der Waals surface area contributed by atoms with Gasteiger partial charge in [0.2, 0.25) is 11.8 Å². The summed E-state index contributed by atoms with van der Waals surface area (Å²) in [6.45, 7) is 2.22. The topological polar surface area (TPSA) is 58.6 Å². The number of aryl methyl sites for hydroxylation is 1. The predicted octanol–water partition coefficient (Wildman–Crippen LogP) is 2.39. The molecule has 0 saturated carbocycles. The minimum atomic E-state index is -0.0199. The van der Waals surface area contributed by atoms with Gasteiger partial charge in [-0.1, -0.05) is 12.1 Å². The lowest BCUT2D eigenvalue weighted by Crippen LogP contribution is -2.47. The highest BCUT2D eigenvalue weighted by molar-refractivity contribution is 5.83. The van der Waals surface area contributed by atoms with Crippen molar-refractivity contribution in [3.8, 4) is 5.75 Å². The molecule has 0 aromatic heterocycles. The zero-order valence-corrected chi connectivity index (χ0v) is 15.0. The molecule has 5 heteroatoms. The summed E-state index contributed by atoms with van der Waals surface area (Å²) in [5.41, 5.74) is 1.34. The van der Waals surface area contributed by atoms with E-state index in [0.29, 0.717) is 25.3 Å². The molecule has 0 radical (unpaired) electrons. The minimum absolute atomic E-state index is 0.0199. The third kappa shape index (κ3) is 4.74. The third-order valence-corrected chi connectivity index (χ3v) is 5.54. The Kier molecular flexibility index (Phi) is 5.95. The van der Waals surface area contributed by atoms with E-state index in [-0.39, 0.29) is 17.7 Å². The molecule has 1 unspecified atom stereocenters. The number of methoxy groups -OCH3 is 1. The number of ether oxygens (including phenoxy) is 1. The first-order valence-corrected chi connectivity index (χ1v) is 9.34. The van der Waals surface area contributed by atoms with Gasteiger partial charge in [-0.15, -0.1) is 0 Å². The zero-order chi connectivity index (χ0) is 17.6. The number of hydrogen-bond acceptors (Lipinski definition) is 3. The molecule has 2 amide bonds. The van der Waals surface area contributed by atoms with Crippen molar-refractivity contribution in [1.29, 1.82) is 0 Å². The Hall–Kier alpha value is -2.04. The van der Waals surface area contributed by atoms with E-state index in [1.165, 1.54) is 12.0 Å². The number of likely N-dealkylation sites (tertiary alicyclic amines) is 1. The predicted molar refractivity (Wildman–Crippen MR) is 96.4 cm³/mol. The molecular formula is C20H28N2O3. The first-order chi connectivity index (χ1) is 12.2. The molecule has 0 aliphatic carbocycles. The highest BCUT2D eigenvalue weighted by Gasteiger charge is 2.30. The fourth-order valence-corrected chi connectivity index (χ4v) is 3.81. The molecule has 0 spiro atoms. The lowest BCUT2D eigenvalue weighted by atomic mass is 9.89. The molecule has 3 rings (SSSR count). The molecule has 1 aromatic rings. The van der Waals surface area contributed by atoms with Crippen molar-refractivity contribution in [2.75, 3.05) is 26.7 Å². The third-order valence-electron chi connectivity index (χ3n) is 5.54. The number of hydrogen-bond donors (Lipinski definition) is 1. The van der Waals surface area contributed by atoms with Crippen LogP contribution in [0.5, 0.6) is 5.75 Å². The van der Waals surface area contributed by atoms with Gasteiger partial charge in [0.25, 0.3) is 0 Å². The van der Waals surface area contributed by atoms with Gasteiger partial charge in [0, 0.05) is 26.1 Å². The second-order valence-electron chi connectivity index (χ2n) is 7.20. The van der Waals surface area contributed by atoms with Crippen molar-refractivity contribution < 1.29 is 14.3 Å². The van der Waals surface area contributed by atoms with Gasteiger partial charge < -0.3 is 15.0 Å². The standard InChI is InChI=1S/C20H28N2O3/c1-25-18-7-4-15(5-8-18)2-3-16-10-12-22(13-11-16)20(24)17-6-9-19(23)21-14-17/h4-5,7-8,16-17H,2-3,6,9-14H2,1H3,(H,21,23). The Labute approximate surface area is 149 Å². The Bertz CT molecular complexity index is 581. The number of rotatable bonds is 5. The lowest BCUT2D eigenvalue weighted by Gasteiger charge is -2.35. The number of nitrogens with zero attached hydrogens (tertiary/aromatic N) is 1. The molecule has 5 nitrogen and oxygen atoms in total. The maximum atomic E-state index is 12.6. The van der Waals surface area contributed by atoms with Gasteiger partial charge in [0.05, 0.1) is 13.0 Å². The Morgan fingerprint density at radius 1 is 1.20 bits per heavy atom. The number of carbonyl (C=O) groups is 2. The summed E-state index contributed by atoms with van der Waals surface area (Å²) in [5, 5.41) is 2.81. The molecule has 2 aliphatic rings. The molecule has 2 heterocycles. The van der Waals surface area contributed by atoms with E-state index in [2.05, 4.69) is 17.4 Å². The SMILES string of the molecule is COc1ccc(CCC2CCN(C(=O)C3CCC(=O)NC3)CC2)cc1. The molecule has 2 aliphatic heterocycles. The van der Waals surface area contributed by atoms with Gasteiger partial charge in [-0.3, -0.25) is 9.59 Å². The van der Waals surface area contributed by atoms with Crippen LogP contribution in [0.15, 0.2) is 24.3 Å². The van der Waals surface area contributed by atoms with Crippen molar-refractivity contribution in [1.82, 2.24) is 10.2 Å². The van der Waals surface area contributed by atoms with Crippen molar-refractivity contribution in [2.45, 2.75) is 38.5 Å². The molecule has 1 aromatic carbocycles. The van der Waals surface area contributed by atoms with Crippen LogP contribution in [0.1, 0.15) is 37.7 Å². The van der Waals surface area contributed by atoms with Gasteiger partial charge in [-0.05, 0) is 55.7 Å². The second-order valence-corrected chi connectivity index (χ2v) is 7.20. The molecule has 136 valence electrons. The smallest absolute Gasteiger partial charge is 0.227 e. The summed E-state index contributed by atoms with van der Waals surface area (Å²) >= 11 is 0. The van der Waals surface area contributed by atoms with E-state index in [0.717, 1.165) is 38.1 Å². The average Bonchev–Trinajstić information content (AvgIpc) is 2.67. The minimum Gasteiger partial charge on any atom is -0.497 e. The normalized spacial score (nSPS) is 21.7. The first-order valence-electron chi connectivity index (χ1n) is 9.34. The first kappa shape index (κ1) is 17.8. The van der Waals surface area contributed by atoms with E-state index in [1.807, 2.05) is 17.0 Å². The average molecular weight is 344 g/mol. The molecular weight excluding hydrogens is 316 g/mol. The van der Waals surface area contributed by atoms with E-state index in [1.54, 1.807) is 7.11 Å². The van der Waals surface area contributed by atoms with E-state index in [9.17, 15) is 9.59 Å². The van der Waals surface area contributed by atoms with E-state index in [4.69, 9.17) is 4.74 Å². The fraction of sp³-hybridized carbons (Fsp3) is 0.600. The molecule has 0 bridgehead atoms. The highest BCUT2D eigenvalue weighted by atomic mass is 16.5. The van der Waals surface area contributed by atoms with Gasteiger partial charge in [0.1, 0.15) is 5.75 Å². The molecule has 2 fully saturated rings. The lowest BCUT2D eigenvalue weighted by molar-refractivity contribution is -0.138. The summed E-state index contributed by atoms with van der Waals surface area (Å²) < 4.78 is 5.19. The molecule has 1 N–H and O–H groups in total.